The van der Waals surface area contributed by atoms with Gasteiger partial charge in [0, 0.05) is 10.9 Å². The number of carbonyl (C=O) groups is 1. The topological polar surface area (TPSA) is 80.9 Å². The predicted molar refractivity (Wildman–Crippen MR) is 108 cm³/mol. The van der Waals surface area contributed by atoms with Gasteiger partial charge in [-0.25, -0.2) is 14.4 Å². The molecule has 0 spiro atoms. The zero-order valence-corrected chi connectivity index (χ0v) is 16.6. The summed E-state index contributed by atoms with van der Waals surface area (Å²) in [5, 5.41) is 6.83. The molecule has 142 valence electrons. The molecule has 0 fully saturated rings. The van der Waals surface area contributed by atoms with E-state index in [9.17, 15) is 9.18 Å². The number of nitrogens with zero attached hydrogens (tertiary/aromatic N) is 3. The Labute approximate surface area is 168 Å². The SMILES string of the molecule is Cc1cc(NC(=O)[C@@H](C)Sc2ncnc3cc(-c4ccc(F)cc4)sc23)no1. The zero-order chi connectivity index (χ0) is 19.7. The lowest BCUT2D eigenvalue weighted by Crippen LogP contribution is -2.22. The van der Waals surface area contributed by atoms with E-state index in [-0.39, 0.29) is 11.7 Å². The molecule has 0 unspecified atom stereocenters. The average Bonchev–Trinajstić information content (AvgIpc) is 3.29. The largest absolute Gasteiger partial charge is 0.360 e. The van der Waals surface area contributed by atoms with Crippen molar-refractivity contribution in [3.05, 3.63) is 54.3 Å². The molecule has 0 radical (unpaired) electrons. The number of thioether (sulfide) groups is 1. The van der Waals surface area contributed by atoms with Crippen LogP contribution in [0.15, 0.2) is 52.3 Å². The van der Waals surface area contributed by atoms with Gasteiger partial charge in [-0.15, -0.1) is 11.3 Å². The molecule has 28 heavy (non-hydrogen) atoms. The van der Waals surface area contributed by atoms with Gasteiger partial charge in [-0.1, -0.05) is 29.1 Å². The second-order valence-corrected chi connectivity index (χ2v) is 8.46. The van der Waals surface area contributed by atoms with Crippen LogP contribution in [-0.4, -0.2) is 26.3 Å². The molecule has 0 aliphatic heterocycles. The molecule has 0 saturated heterocycles. The summed E-state index contributed by atoms with van der Waals surface area (Å²) in [6, 6.07) is 9.93. The summed E-state index contributed by atoms with van der Waals surface area (Å²) < 4.78 is 19.0. The Hall–Kier alpha value is -2.78. The first-order valence-corrected chi connectivity index (χ1v) is 10.1. The van der Waals surface area contributed by atoms with Crippen LogP contribution in [0, 0.1) is 12.7 Å². The normalized spacial score (nSPS) is 12.2. The smallest absolute Gasteiger partial charge is 0.238 e. The van der Waals surface area contributed by atoms with Crippen molar-refractivity contribution >= 4 is 45.0 Å². The van der Waals surface area contributed by atoms with Crippen LogP contribution in [-0.2, 0) is 4.79 Å². The van der Waals surface area contributed by atoms with Crippen molar-refractivity contribution < 1.29 is 13.7 Å². The minimum absolute atomic E-state index is 0.194. The maximum Gasteiger partial charge on any atom is 0.238 e. The van der Waals surface area contributed by atoms with E-state index < -0.39 is 5.25 Å². The molecule has 3 heterocycles. The summed E-state index contributed by atoms with van der Waals surface area (Å²) in [6.07, 6.45) is 1.48. The number of fused-ring (bicyclic) bond motifs is 1. The molecular formula is C19H15FN4O2S2. The van der Waals surface area contributed by atoms with Crippen molar-refractivity contribution in [2.24, 2.45) is 0 Å². The maximum absolute atomic E-state index is 13.2. The fraction of sp³-hybridized carbons (Fsp3) is 0.158. The monoisotopic (exact) mass is 414 g/mol. The number of nitrogens with one attached hydrogen (secondary N) is 1. The van der Waals surface area contributed by atoms with Crippen LogP contribution in [0.2, 0.25) is 0 Å². The summed E-state index contributed by atoms with van der Waals surface area (Å²) in [5.74, 6) is 0.543. The van der Waals surface area contributed by atoms with Crippen molar-refractivity contribution in [3.63, 3.8) is 0 Å². The van der Waals surface area contributed by atoms with Gasteiger partial charge < -0.3 is 9.84 Å². The molecule has 0 saturated carbocycles. The number of benzene rings is 1. The number of halogens is 1. The molecule has 4 aromatic rings. The first kappa shape index (κ1) is 18.6. The number of carbonyl (C=O) groups excluding carboxylic acids is 1. The lowest BCUT2D eigenvalue weighted by atomic mass is 10.2. The third kappa shape index (κ3) is 3.90. The van der Waals surface area contributed by atoms with Gasteiger partial charge in [0.25, 0.3) is 0 Å². The molecule has 3 aromatic heterocycles. The third-order valence-corrected chi connectivity index (χ3v) is 6.35. The Balaban J connectivity index is 1.56. The minimum atomic E-state index is -0.397. The Kier molecular flexibility index (Phi) is 5.10. The van der Waals surface area contributed by atoms with Gasteiger partial charge >= 0.3 is 0 Å². The Bertz CT molecular complexity index is 1140. The summed E-state index contributed by atoms with van der Waals surface area (Å²) in [7, 11) is 0. The van der Waals surface area contributed by atoms with Crippen molar-refractivity contribution in [2.45, 2.75) is 24.1 Å². The van der Waals surface area contributed by atoms with Crippen molar-refractivity contribution in [1.29, 1.82) is 0 Å². The lowest BCUT2D eigenvalue weighted by molar-refractivity contribution is -0.115. The van der Waals surface area contributed by atoms with Crippen LogP contribution in [0.3, 0.4) is 0 Å². The van der Waals surface area contributed by atoms with E-state index in [1.54, 1.807) is 32.0 Å². The van der Waals surface area contributed by atoms with E-state index >= 15 is 0 Å². The lowest BCUT2D eigenvalue weighted by Gasteiger charge is -2.09. The van der Waals surface area contributed by atoms with Crippen LogP contribution >= 0.6 is 23.1 Å². The van der Waals surface area contributed by atoms with Gasteiger partial charge in [0.2, 0.25) is 5.91 Å². The fourth-order valence-electron chi connectivity index (χ4n) is 2.55. The molecular weight excluding hydrogens is 399 g/mol. The van der Waals surface area contributed by atoms with Gasteiger partial charge in [-0.05, 0) is 37.6 Å². The van der Waals surface area contributed by atoms with E-state index in [1.165, 1.54) is 41.6 Å². The second kappa shape index (κ2) is 7.69. The van der Waals surface area contributed by atoms with Crippen molar-refractivity contribution in [2.75, 3.05) is 5.32 Å². The molecule has 9 heteroatoms. The molecule has 0 aliphatic carbocycles. The number of amides is 1. The van der Waals surface area contributed by atoms with Gasteiger partial charge in [0.1, 0.15) is 22.9 Å². The standard InChI is InChI=1S/C19H15FN4O2S2/c1-10-7-16(24-26-10)23-18(25)11(2)27-19-17-14(21-9-22-19)8-15(28-17)12-3-5-13(20)6-4-12/h3-9,11H,1-2H3,(H,23,24,25)/t11-/m1/s1. The summed E-state index contributed by atoms with van der Waals surface area (Å²) in [5.41, 5.74) is 1.70. The van der Waals surface area contributed by atoms with E-state index in [2.05, 4.69) is 20.4 Å². The molecule has 4 rings (SSSR count). The van der Waals surface area contributed by atoms with Crippen molar-refractivity contribution in [3.8, 4) is 10.4 Å². The minimum Gasteiger partial charge on any atom is -0.360 e. The van der Waals surface area contributed by atoms with Gasteiger partial charge in [-0.2, -0.15) is 0 Å². The first-order valence-electron chi connectivity index (χ1n) is 8.41. The quantitative estimate of drug-likeness (QED) is 0.369. The highest BCUT2D eigenvalue weighted by Crippen LogP contribution is 2.38. The first-order chi connectivity index (χ1) is 13.5. The highest BCUT2D eigenvalue weighted by molar-refractivity contribution is 8.00. The van der Waals surface area contributed by atoms with Crippen LogP contribution in [0.4, 0.5) is 10.2 Å². The zero-order valence-electron chi connectivity index (χ0n) is 15.0. The van der Waals surface area contributed by atoms with Crippen LogP contribution in [0.1, 0.15) is 12.7 Å². The number of thiophene rings is 1. The molecule has 1 amide bonds. The molecule has 0 aliphatic rings. The van der Waals surface area contributed by atoms with E-state index in [0.29, 0.717) is 11.6 Å². The Morgan fingerprint density at radius 2 is 2.04 bits per heavy atom. The maximum atomic E-state index is 13.2. The second-order valence-electron chi connectivity index (χ2n) is 6.08. The Morgan fingerprint density at radius 1 is 1.25 bits per heavy atom. The molecule has 0 bridgehead atoms. The van der Waals surface area contributed by atoms with Gasteiger partial charge in [0.05, 0.1) is 15.5 Å². The Morgan fingerprint density at radius 3 is 2.75 bits per heavy atom. The number of hydrogen-bond acceptors (Lipinski definition) is 7. The third-order valence-electron chi connectivity index (χ3n) is 3.94. The number of aromatic nitrogens is 3. The van der Waals surface area contributed by atoms with Crippen LogP contribution < -0.4 is 5.32 Å². The summed E-state index contributed by atoms with van der Waals surface area (Å²) >= 11 is 2.86. The van der Waals surface area contributed by atoms with Crippen molar-refractivity contribution in [1.82, 2.24) is 15.1 Å². The number of anilines is 1. The highest BCUT2D eigenvalue weighted by Gasteiger charge is 2.19. The van der Waals surface area contributed by atoms with Crippen LogP contribution in [0.5, 0.6) is 0 Å². The summed E-state index contributed by atoms with van der Waals surface area (Å²) in [4.78, 5) is 22.1. The molecule has 1 atom stereocenters. The van der Waals surface area contributed by atoms with E-state index in [4.69, 9.17) is 4.52 Å². The molecule has 1 aromatic carbocycles. The highest BCUT2D eigenvalue weighted by atomic mass is 32.2. The fourth-order valence-corrected chi connectivity index (χ4v) is 4.64. The molecule has 6 nitrogen and oxygen atoms in total. The molecule has 1 N–H and O–H groups in total. The number of aryl methyl sites for hydroxylation is 1. The van der Waals surface area contributed by atoms with Crippen LogP contribution in [0.25, 0.3) is 20.7 Å². The van der Waals surface area contributed by atoms with E-state index in [0.717, 1.165) is 25.7 Å². The average molecular weight is 414 g/mol. The predicted octanol–water partition coefficient (Wildman–Crippen LogP) is 4.91. The van der Waals surface area contributed by atoms with E-state index in [1.807, 2.05) is 6.07 Å². The summed E-state index contributed by atoms with van der Waals surface area (Å²) in [6.45, 7) is 3.56. The van der Waals surface area contributed by atoms with Gasteiger partial charge in [0.15, 0.2) is 5.82 Å². The number of hydrogen-bond donors (Lipinski definition) is 1. The number of rotatable bonds is 5. The van der Waals surface area contributed by atoms with Gasteiger partial charge in [-0.3, -0.25) is 4.79 Å².